The van der Waals surface area contributed by atoms with Gasteiger partial charge in [0.25, 0.3) is 0 Å². The van der Waals surface area contributed by atoms with Gasteiger partial charge in [0, 0.05) is 21.3 Å². The van der Waals surface area contributed by atoms with E-state index in [4.69, 9.17) is 0 Å². The molecule has 1 N–H and O–H groups in total. The molecule has 21 heavy (non-hydrogen) atoms. The van der Waals surface area contributed by atoms with Crippen molar-refractivity contribution in [1.29, 1.82) is 0 Å². The summed E-state index contributed by atoms with van der Waals surface area (Å²) in [5, 5.41) is 10.9. The molecule has 0 saturated heterocycles. The summed E-state index contributed by atoms with van der Waals surface area (Å²) in [6, 6.07) is 7.93. The Morgan fingerprint density at radius 3 is 2.24 bits per heavy atom. The van der Waals surface area contributed by atoms with E-state index in [1.807, 2.05) is 0 Å². The van der Waals surface area contributed by atoms with Crippen LogP contribution in [0.1, 0.15) is 11.3 Å². The monoisotopic (exact) mass is 362 g/mol. The first-order valence-corrected chi connectivity index (χ1v) is 6.65. The van der Waals surface area contributed by atoms with Crippen LogP contribution in [0.15, 0.2) is 47.1 Å². The SMILES string of the molecule is O=[N+]([O-])C[C@](c1ccc(Br)cc1)(c1ccc[nH]1)C(F)(F)F. The van der Waals surface area contributed by atoms with Crippen LogP contribution in [0.5, 0.6) is 0 Å². The number of benzene rings is 1. The van der Waals surface area contributed by atoms with E-state index in [0.717, 1.165) is 0 Å². The number of H-pyrrole nitrogens is 1. The summed E-state index contributed by atoms with van der Waals surface area (Å²) in [7, 11) is 0. The molecule has 0 radical (unpaired) electrons. The Bertz CT molecular complexity index is 626. The van der Waals surface area contributed by atoms with E-state index >= 15 is 0 Å². The molecule has 2 aromatic rings. The van der Waals surface area contributed by atoms with Crippen molar-refractivity contribution in [3.8, 4) is 0 Å². The van der Waals surface area contributed by atoms with Gasteiger partial charge >= 0.3 is 6.18 Å². The minimum absolute atomic E-state index is 0.183. The summed E-state index contributed by atoms with van der Waals surface area (Å²) in [6.07, 6.45) is -3.51. The Labute approximate surface area is 126 Å². The van der Waals surface area contributed by atoms with E-state index in [1.54, 1.807) is 0 Å². The zero-order valence-electron chi connectivity index (χ0n) is 10.5. The van der Waals surface area contributed by atoms with Gasteiger partial charge in [-0.15, -0.1) is 0 Å². The van der Waals surface area contributed by atoms with Gasteiger partial charge in [-0.05, 0) is 29.8 Å². The summed E-state index contributed by atoms with van der Waals surface area (Å²) in [6.45, 7) is -1.28. The number of nitro groups is 1. The van der Waals surface area contributed by atoms with Crippen molar-refractivity contribution < 1.29 is 18.1 Å². The molecule has 0 fully saturated rings. The van der Waals surface area contributed by atoms with Gasteiger partial charge in [0.1, 0.15) is 0 Å². The molecule has 1 heterocycles. The van der Waals surface area contributed by atoms with Crippen LogP contribution < -0.4 is 0 Å². The molecule has 0 unspecified atom stereocenters. The molecule has 0 spiro atoms. The number of rotatable bonds is 4. The lowest BCUT2D eigenvalue weighted by Gasteiger charge is -2.32. The van der Waals surface area contributed by atoms with Gasteiger partial charge in [-0.25, -0.2) is 0 Å². The van der Waals surface area contributed by atoms with E-state index in [0.29, 0.717) is 4.47 Å². The predicted octanol–water partition coefficient (Wildman–Crippen LogP) is 3.90. The second-order valence-corrected chi connectivity index (χ2v) is 5.40. The van der Waals surface area contributed by atoms with Crippen LogP contribution in [0, 0.1) is 10.1 Å². The maximum atomic E-state index is 13.7. The highest BCUT2D eigenvalue weighted by Gasteiger charge is 2.61. The number of aromatic nitrogens is 1. The van der Waals surface area contributed by atoms with Crippen molar-refractivity contribution in [3.05, 3.63) is 68.4 Å². The fourth-order valence-electron chi connectivity index (χ4n) is 2.26. The molecule has 8 heteroatoms. The second kappa shape index (κ2) is 5.51. The van der Waals surface area contributed by atoms with E-state index in [2.05, 4.69) is 20.9 Å². The van der Waals surface area contributed by atoms with Crippen molar-refractivity contribution in [3.63, 3.8) is 0 Å². The summed E-state index contributed by atoms with van der Waals surface area (Å²) >= 11 is 3.14. The van der Waals surface area contributed by atoms with Crippen molar-refractivity contribution in [1.82, 2.24) is 4.98 Å². The molecule has 1 aromatic carbocycles. The minimum Gasteiger partial charge on any atom is -0.364 e. The molecule has 112 valence electrons. The van der Waals surface area contributed by atoms with Crippen LogP contribution >= 0.6 is 15.9 Å². The molecule has 0 aliphatic carbocycles. The third-order valence-electron chi connectivity index (χ3n) is 3.24. The van der Waals surface area contributed by atoms with Crippen LogP contribution in [-0.4, -0.2) is 22.6 Å². The van der Waals surface area contributed by atoms with Crippen molar-refractivity contribution in [2.24, 2.45) is 0 Å². The molecule has 1 atom stereocenters. The molecule has 4 nitrogen and oxygen atoms in total. The molecule has 0 bridgehead atoms. The van der Waals surface area contributed by atoms with Gasteiger partial charge in [0.2, 0.25) is 6.54 Å². The van der Waals surface area contributed by atoms with Crippen molar-refractivity contribution in [2.45, 2.75) is 11.6 Å². The van der Waals surface area contributed by atoms with Crippen LogP contribution in [0.2, 0.25) is 0 Å². The third kappa shape index (κ3) is 2.80. The number of nitrogens with zero attached hydrogens (tertiary/aromatic N) is 1. The van der Waals surface area contributed by atoms with Gasteiger partial charge < -0.3 is 4.98 Å². The molecule has 0 saturated carbocycles. The normalized spacial score (nSPS) is 14.7. The summed E-state index contributed by atoms with van der Waals surface area (Å²) < 4.78 is 41.8. The van der Waals surface area contributed by atoms with Gasteiger partial charge in [-0.3, -0.25) is 10.1 Å². The maximum Gasteiger partial charge on any atom is 0.410 e. The Kier molecular flexibility index (Phi) is 4.08. The number of aromatic amines is 1. The summed E-state index contributed by atoms with van der Waals surface area (Å²) in [5.41, 5.74) is -3.15. The molecule has 0 amide bonds. The van der Waals surface area contributed by atoms with Gasteiger partial charge in [0.05, 0.1) is 0 Å². The highest BCUT2D eigenvalue weighted by Crippen LogP contribution is 2.46. The highest BCUT2D eigenvalue weighted by molar-refractivity contribution is 9.10. The molecule has 1 aromatic heterocycles. The first-order valence-electron chi connectivity index (χ1n) is 5.86. The first kappa shape index (κ1) is 15.6. The second-order valence-electron chi connectivity index (χ2n) is 4.48. The fourth-order valence-corrected chi connectivity index (χ4v) is 2.53. The Morgan fingerprint density at radius 2 is 1.81 bits per heavy atom. The van der Waals surface area contributed by atoms with Gasteiger partial charge in [0.15, 0.2) is 5.41 Å². The zero-order chi connectivity index (χ0) is 15.7. The zero-order valence-corrected chi connectivity index (χ0v) is 12.1. The average Bonchev–Trinajstić information content (AvgIpc) is 2.89. The topological polar surface area (TPSA) is 58.9 Å². The lowest BCUT2D eigenvalue weighted by molar-refractivity contribution is -0.498. The van der Waals surface area contributed by atoms with Crippen LogP contribution in [0.3, 0.4) is 0 Å². The lowest BCUT2D eigenvalue weighted by Crippen LogP contribution is -2.49. The van der Waals surface area contributed by atoms with E-state index < -0.39 is 23.1 Å². The predicted molar refractivity (Wildman–Crippen MR) is 73.6 cm³/mol. The van der Waals surface area contributed by atoms with Crippen molar-refractivity contribution >= 4 is 15.9 Å². The van der Waals surface area contributed by atoms with E-state index in [-0.39, 0.29) is 11.3 Å². The van der Waals surface area contributed by atoms with Crippen LogP contribution in [-0.2, 0) is 5.41 Å². The van der Waals surface area contributed by atoms with Gasteiger partial charge in [-0.1, -0.05) is 28.1 Å². The third-order valence-corrected chi connectivity index (χ3v) is 3.77. The number of alkyl halides is 3. The molecule has 2 rings (SSSR count). The van der Waals surface area contributed by atoms with Gasteiger partial charge in [-0.2, -0.15) is 13.2 Å². The lowest BCUT2D eigenvalue weighted by atomic mass is 9.76. The van der Waals surface area contributed by atoms with Crippen molar-refractivity contribution in [2.75, 3.05) is 6.54 Å². The number of nitrogens with one attached hydrogen (secondary N) is 1. The van der Waals surface area contributed by atoms with Crippen LogP contribution in [0.25, 0.3) is 0 Å². The Balaban J connectivity index is 2.72. The quantitative estimate of drug-likeness (QED) is 0.662. The standard InChI is InChI=1S/C13H10BrF3N2O2/c14-10-5-3-9(4-6-10)12(8-19(20)21,13(15,16)17)11-2-1-7-18-11/h1-7,18H,8H2/t12-/m0/s1. The molecule has 0 aliphatic heterocycles. The van der Waals surface area contributed by atoms with E-state index in [9.17, 15) is 23.3 Å². The Hall–Kier alpha value is -1.83. The largest absolute Gasteiger partial charge is 0.410 e. The summed E-state index contributed by atoms with van der Waals surface area (Å²) in [5.74, 6) is 0. The summed E-state index contributed by atoms with van der Waals surface area (Å²) in [4.78, 5) is 12.4. The fraction of sp³-hybridized carbons (Fsp3) is 0.231. The molecular formula is C13H10BrF3N2O2. The van der Waals surface area contributed by atoms with Crippen LogP contribution in [0.4, 0.5) is 13.2 Å². The number of hydrogen-bond donors (Lipinski definition) is 1. The van der Waals surface area contributed by atoms with E-state index in [1.165, 1.54) is 42.6 Å². The molecule has 0 aliphatic rings. The minimum atomic E-state index is -4.82. The molecular weight excluding hydrogens is 353 g/mol. The number of hydrogen-bond acceptors (Lipinski definition) is 2. The average molecular weight is 363 g/mol. The first-order chi connectivity index (χ1) is 9.77. The Morgan fingerprint density at radius 1 is 1.19 bits per heavy atom. The number of halogens is 4. The smallest absolute Gasteiger partial charge is 0.364 e. The maximum absolute atomic E-state index is 13.7. The highest BCUT2D eigenvalue weighted by atomic mass is 79.9.